The lowest BCUT2D eigenvalue weighted by Gasteiger charge is -2.34. The summed E-state index contributed by atoms with van der Waals surface area (Å²) in [6, 6.07) is 5.11. The maximum absolute atomic E-state index is 12.8. The first kappa shape index (κ1) is 18.9. The molecule has 0 aromatic carbocycles. The molecule has 1 amide bonds. The van der Waals surface area contributed by atoms with Crippen molar-refractivity contribution < 1.29 is 14.3 Å². The summed E-state index contributed by atoms with van der Waals surface area (Å²) < 4.78 is 5.47. The van der Waals surface area contributed by atoms with Gasteiger partial charge in [0.15, 0.2) is 6.10 Å². The van der Waals surface area contributed by atoms with E-state index in [0.717, 1.165) is 25.7 Å². The first-order chi connectivity index (χ1) is 11.9. The molecular weight excluding hydrogens is 318 g/mol. The van der Waals surface area contributed by atoms with Gasteiger partial charge in [0.25, 0.3) is 5.91 Å². The molecule has 1 saturated carbocycles. The number of esters is 1. The van der Waals surface area contributed by atoms with E-state index in [4.69, 9.17) is 10.00 Å². The number of nitrogens with zero attached hydrogens (tertiary/aromatic N) is 3. The lowest BCUT2D eigenvalue weighted by Crippen LogP contribution is -2.47. The summed E-state index contributed by atoms with van der Waals surface area (Å²) in [7, 11) is 1.79. The minimum Gasteiger partial charge on any atom is -0.447 e. The minimum absolute atomic E-state index is 0.0952. The SMILES string of the molecule is CC(C)C(OC(=O)c1ccc(C#N)cn1)C(=O)N(C)C1CCCCC1. The molecule has 0 bridgehead atoms. The molecule has 1 atom stereocenters. The third kappa shape index (κ3) is 4.79. The van der Waals surface area contributed by atoms with Gasteiger partial charge in [-0.05, 0) is 30.9 Å². The van der Waals surface area contributed by atoms with E-state index >= 15 is 0 Å². The lowest BCUT2D eigenvalue weighted by atomic mass is 9.93. The molecule has 134 valence electrons. The maximum Gasteiger partial charge on any atom is 0.357 e. The van der Waals surface area contributed by atoms with E-state index in [-0.39, 0.29) is 23.6 Å². The summed E-state index contributed by atoms with van der Waals surface area (Å²) in [4.78, 5) is 30.8. The van der Waals surface area contributed by atoms with Gasteiger partial charge >= 0.3 is 5.97 Å². The first-order valence-corrected chi connectivity index (χ1v) is 8.78. The molecule has 1 aromatic rings. The van der Waals surface area contributed by atoms with Crippen molar-refractivity contribution in [3.8, 4) is 6.07 Å². The summed E-state index contributed by atoms with van der Waals surface area (Å²) in [5.74, 6) is -0.946. The van der Waals surface area contributed by atoms with Crippen molar-refractivity contribution in [2.45, 2.75) is 58.1 Å². The van der Waals surface area contributed by atoms with Crippen LogP contribution in [0.1, 0.15) is 62.0 Å². The molecular formula is C19H25N3O3. The number of ether oxygens (including phenoxy) is 1. The van der Waals surface area contributed by atoms with E-state index < -0.39 is 12.1 Å². The lowest BCUT2D eigenvalue weighted by molar-refractivity contribution is -0.144. The topological polar surface area (TPSA) is 83.3 Å². The second-order valence-corrected chi connectivity index (χ2v) is 6.85. The van der Waals surface area contributed by atoms with Gasteiger partial charge in [0, 0.05) is 19.3 Å². The van der Waals surface area contributed by atoms with Crippen LogP contribution in [0.2, 0.25) is 0 Å². The Labute approximate surface area is 148 Å². The third-order valence-corrected chi connectivity index (χ3v) is 4.65. The summed E-state index contributed by atoms with van der Waals surface area (Å²) >= 11 is 0. The van der Waals surface area contributed by atoms with Crippen LogP contribution in [0.25, 0.3) is 0 Å². The average Bonchev–Trinajstić information content (AvgIpc) is 2.65. The Morgan fingerprint density at radius 1 is 1.28 bits per heavy atom. The quantitative estimate of drug-likeness (QED) is 0.768. The summed E-state index contributed by atoms with van der Waals surface area (Å²) in [6.45, 7) is 3.72. The van der Waals surface area contributed by atoms with Crippen molar-refractivity contribution in [1.29, 1.82) is 5.26 Å². The number of pyridine rings is 1. The Morgan fingerprint density at radius 2 is 1.96 bits per heavy atom. The van der Waals surface area contributed by atoms with Crippen LogP contribution in [0.4, 0.5) is 0 Å². The van der Waals surface area contributed by atoms with Gasteiger partial charge < -0.3 is 9.64 Å². The molecule has 1 aliphatic carbocycles. The highest BCUT2D eigenvalue weighted by Gasteiger charge is 2.33. The molecule has 1 heterocycles. The molecule has 1 fully saturated rings. The molecule has 2 rings (SSSR count). The van der Waals surface area contributed by atoms with Crippen LogP contribution in [0.5, 0.6) is 0 Å². The van der Waals surface area contributed by atoms with Crippen LogP contribution in [0, 0.1) is 17.2 Å². The number of carbonyl (C=O) groups is 2. The molecule has 1 aliphatic rings. The monoisotopic (exact) mass is 343 g/mol. The number of likely N-dealkylation sites (N-methyl/N-ethyl adjacent to an activating group) is 1. The summed E-state index contributed by atoms with van der Waals surface area (Å²) in [5, 5.41) is 8.79. The first-order valence-electron chi connectivity index (χ1n) is 8.78. The van der Waals surface area contributed by atoms with Crippen LogP contribution in [-0.4, -0.2) is 41.0 Å². The minimum atomic E-state index is -0.836. The van der Waals surface area contributed by atoms with Gasteiger partial charge in [-0.3, -0.25) is 4.79 Å². The number of aromatic nitrogens is 1. The van der Waals surface area contributed by atoms with Crippen LogP contribution < -0.4 is 0 Å². The van der Waals surface area contributed by atoms with E-state index in [9.17, 15) is 9.59 Å². The van der Waals surface area contributed by atoms with Crippen molar-refractivity contribution in [2.24, 2.45) is 5.92 Å². The van der Waals surface area contributed by atoms with Gasteiger partial charge in [0.05, 0.1) is 5.56 Å². The van der Waals surface area contributed by atoms with E-state index in [1.807, 2.05) is 19.9 Å². The van der Waals surface area contributed by atoms with Crippen LogP contribution in [0.15, 0.2) is 18.3 Å². The van der Waals surface area contributed by atoms with Crippen LogP contribution >= 0.6 is 0 Å². The van der Waals surface area contributed by atoms with E-state index in [1.54, 1.807) is 11.9 Å². The van der Waals surface area contributed by atoms with Gasteiger partial charge in [-0.15, -0.1) is 0 Å². The van der Waals surface area contributed by atoms with Gasteiger partial charge in [0.1, 0.15) is 11.8 Å². The molecule has 0 aliphatic heterocycles. The maximum atomic E-state index is 12.8. The van der Waals surface area contributed by atoms with E-state index in [0.29, 0.717) is 5.56 Å². The average molecular weight is 343 g/mol. The van der Waals surface area contributed by atoms with Crippen molar-refractivity contribution in [3.05, 3.63) is 29.6 Å². The number of rotatable bonds is 5. The molecule has 25 heavy (non-hydrogen) atoms. The van der Waals surface area contributed by atoms with Gasteiger partial charge in [-0.2, -0.15) is 5.26 Å². The Bertz CT molecular complexity index is 643. The Hall–Kier alpha value is -2.42. The fraction of sp³-hybridized carbons (Fsp3) is 0.579. The number of nitriles is 1. The Balaban J connectivity index is 2.07. The fourth-order valence-electron chi connectivity index (χ4n) is 3.08. The van der Waals surface area contributed by atoms with Crippen LogP contribution in [0.3, 0.4) is 0 Å². The predicted molar refractivity (Wildman–Crippen MR) is 92.6 cm³/mol. The highest BCUT2D eigenvalue weighted by molar-refractivity contribution is 5.91. The molecule has 0 spiro atoms. The molecule has 0 saturated heterocycles. The summed E-state index contributed by atoms with van der Waals surface area (Å²) in [6.07, 6.45) is 5.95. The second-order valence-electron chi connectivity index (χ2n) is 6.85. The van der Waals surface area contributed by atoms with Crippen molar-refractivity contribution in [1.82, 2.24) is 9.88 Å². The van der Waals surface area contributed by atoms with Crippen molar-refractivity contribution >= 4 is 11.9 Å². The molecule has 0 radical (unpaired) electrons. The highest BCUT2D eigenvalue weighted by Crippen LogP contribution is 2.23. The number of amides is 1. The highest BCUT2D eigenvalue weighted by atomic mass is 16.5. The molecule has 0 N–H and O–H groups in total. The number of hydrogen-bond acceptors (Lipinski definition) is 5. The van der Waals surface area contributed by atoms with Gasteiger partial charge in [-0.25, -0.2) is 9.78 Å². The van der Waals surface area contributed by atoms with Crippen LogP contribution in [-0.2, 0) is 9.53 Å². The smallest absolute Gasteiger partial charge is 0.357 e. The van der Waals surface area contributed by atoms with Gasteiger partial charge in [-0.1, -0.05) is 33.1 Å². The number of hydrogen-bond donors (Lipinski definition) is 0. The van der Waals surface area contributed by atoms with Gasteiger partial charge in [0.2, 0.25) is 0 Å². The molecule has 1 aromatic heterocycles. The molecule has 6 heteroatoms. The molecule has 6 nitrogen and oxygen atoms in total. The second kappa shape index (κ2) is 8.61. The number of carbonyl (C=O) groups excluding carboxylic acids is 2. The third-order valence-electron chi connectivity index (χ3n) is 4.65. The van der Waals surface area contributed by atoms with E-state index in [1.165, 1.54) is 24.8 Å². The Morgan fingerprint density at radius 3 is 2.48 bits per heavy atom. The molecule has 1 unspecified atom stereocenters. The zero-order valence-corrected chi connectivity index (χ0v) is 15.1. The standard InChI is InChI=1S/C19H25N3O3/c1-13(2)17(18(23)22(3)15-7-5-4-6-8-15)25-19(24)16-10-9-14(11-20)12-21-16/h9-10,12-13,15,17H,4-8H2,1-3H3. The Kier molecular flexibility index (Phi) is 6.51. The van der Waals surface area contributed by atoms with E-state index in [2.05, 4.69) is 4.98 Å². The fourth-order valence-corrected chi connectivity index (χ4v) is 3.08. The predicted octanol–water partition coefficient (Wildman–Crippen LogP) is 2.93. The van der Waals surface area contributed by atoms with Crippen molar-refractivity contribution in [3.63, 3.8) is 0 Å². The largest absolute Gasteiger partial charge is 0.447 e. The normalized spacial score (nSPS) is 16.1. The zero-order valence-electron chi connectivity index (χ0n) is 15.1. The zero-order chi connectivity index (χ0) is 18.4. The van der Waals surface area contributed by atoms with Crippen molar-refractivity contribution in [2.75, 3.05) is 7.05 Å². The summed E-state index contributed by atoms with van der Waals surface area (Å²) in [5.41, 5.74) is 0.461.